The maximum atomic E-state index is 12.1. The molecule has 2 N–H and O–H groups in total. The van der Waals surface area contributed by atoms with Crippen LogP contribution in [0.15, 0.2) is 36.7 Å². The van der Waals surface area contributed by atoms with E-state index in [1.165, 1.54) is 0 Å². The van der Waals surface area contributed by atoms with Crippen LogP contribution in [0.3, 0.4) is 0 Å². The minimum atomic E-state index is -0.187. The van der Waals surface area contributed by atoms with Crippen molar-refractivity contribution in [3.05, 3.63) is 42.2 Å². The Morgan fingerprint density at radius 2 is 2.08 bits per heavy atom. The van der Waals surface area contributed by atoms with Crippen LogP contribution >= 0.6 is 0 Å². The van der Waals surface area contributed by atoms with Crippen molar-refractivity contribution in [1.29, 1.82) is 0 Å². The molecule has 3 rings (SSSR count). The molecular weight excluding hydrogens is 320 g/mol. The summed E-state index contributed by atoms with van der Waals surface area (Å²) in [6, 6.07) is 7.73. The van der Waals surface area contributed by atoms with Gasteiger partial charge in [-0.15, -0.1) is 5.10 Å². The highest BCUT2D eigenvalue weighted by atomic mass is 16.5. The van der Waals surface area contributed by atoms with Crippen LogP contribution in [0.1, 0.15) is 12.0 Å². The number of ether oxygens (including phenoxy) is 1. The fourth-order valence-electron chi connectivity index (χ4n) is 2.74. The molecule has 1 saturated heterocycles. The van der Waals surface area contributed by atoms with Gasteiger partial charge in [0.1, 0.15) is 0 Å². The van der Waals surface area contributed by atoms with Crippen LogP contribution in [-0.4, -0.2) is 58.8 Å². The smallest absolute Gasteiger partial charge is 0.319 e. The Morgan fingerprint density at radius 1 is 1.24 bits per heavy atom. The summed E-state index contributed by atoms with van der Waals surface area (Å²) in [7, 11) is 0. The van der Waals surface area contributed by atoms with Gasteiger partial charge in [0.2, 0.25) is 0 Å². The van der Waals surface area contributed by atoms with E-state index in [1.807, 2.05) is 24.4 Å². The van der Waals surface area contributed by atoms with Crippen molar-refractivity contribution in [2.24, 2.45) is 0 Å². The molecule has 0 radical (unpaired) electrons. The normalized spacial score (nSPS) is 15.0. The summed E-state index contributed by atoms with van der Waals surface area (Å²) in [4.78, 5) is 14.5. The average Bonchev–Trinajstić information content (AvgIpc) is 3.15. The van der Waals surface area contributed by atoms with Crippen LogP contribution in [0.4, 0.5) is 10.5 Å². The number of morpholine rings is 1. The van der Waals surface area contributed by atoms with Gasteiger partial charge in [-0.2, -0.15) is 0 Å². The molecule has 0 aliphatic carbocycles. The Labute approximate surface area is 147 Å². The van der Waals surface area contributed by atoms with E-state index in [-0.39, 0.29) is 6.03 Å². The highest BCUT2D eigenvalue weighted by molar-refractivity contribution is 5.90. The number of carbonyl (C=O) groups excluding carboxylic acids is 1. The molecule has 0 saturated carbocycles. The molecular formula is C17H24N6O2. The third-order valence-electron chi connectivity index (χ3n) is 4.08. The van der Waals surface area contributed by atoms with Crippen LogP contribution in [0.25, 0.3) is 0 Å². The number of carbonyl (C=O) groups is 1. The van der Waals surface area contributed by atoms with E-state index in [0.29, 0.717) is 6.54 Å². The van der Waals surface area contributed by atoms with E-state index in [1.54, 1.807) is 10.9 Å². The minimum Gasteiger partial charge on any atom is -0.379 e. The first-order valence-electron chi connectivity index (χ1n) is 8.58. The monoisotopic (exact) mass is 344 g/mol. The molecule has 2 aromatic rings. The average molecular weight is 344 g/mol. The van der Waals surface area contributed by atoms with Gasteiger partial charge in [-0.1, -0.05) is 23.4 Å². The van der Waals surface area contributed by atoms with Gasteiger partial charge < -0.3 is 15.4 Å². The van der Waals surface area contributed by atoms with Crippen molar-refractivity contribution in [3.63, 3.8) is 0 Å². The zero-order chi connectivity index (χ0) is 17.3. The van der Waals surface area contributed by atoms with Gasteiger partial charge in [-0.25, -0.2) is 4.79 Å². The zero-order valence-electron chi connectivity index (χ0n) is 14.2. The highest BCUT2D eigenvalue weighted by Gasteiger charge is 2.13. The Morgan fingerprint density at radius 3 is 2.88 bits per heavy atom. The zero-order valence-corrected chi connectivity index (χ0v) is 14.2. The molecule has 1 fully saturated rings. The molecule has 8 nitrogen and oxygen atoms in total. The summed E-state index contributed by atoms with van der Waals surface area (Å²) in [6.45, 7) is 5.49. The standard InChI is InChI=1S/C17H24N6O2/c24-17(18-6-3-8-23-9-7-19-21-23)20-16-5-2-1-4-15(16)14-22-10-12-25-13-11-22/h1-2,4-5,7,9H,3,6,8,10-14H2,(H2,18,20,24). The Balaban J connectivity index is 1.45. The van der Waals surface area contributed by atoms with E-state index in [4.69, 9.17) is 4.74 Å². The Bertz CT molecular complexity index is 655. The van der Waals surface area contributed by atoms with Crippen molar-refractivity contribution >= 4 is 11.7 Å². The number of aromatic nitrogens is 3. The molecule has 2 heterocycles. The van der Waals surface area contributed by atoms with Gasteiger partial charge in [0.25, 0.3) is 0 Å². The topological polar surface area (TPSA) is 84.3 Å². The number of hydrogen-bond donors (Lipinski definition) is 2. The molecule has 1 aliphatic rings. The molecule has 0 bridgehead atoms. The predicted octanol–water partition coefficient (Wildman–Crippen LogP) is 1.32. The van der Waals surface area contributed by atoms with Gasteiger partial charge in [-0.05, 0) is 18.1 Å². The largest absolute Gasteiger partial charge is 0.379 e. The number of nitrogens with zero attached hydrogens (tertiary/aromatic N) is 4. The number of nitrogens with one attached hydrogen (secondary N) is 2. The first-order valence-corrected chi connectivity index (χ1v) is 8.58. The molecule has 25 heavy (non-hydrogen) atoms. The van der Waals surface area contributed by atoms with Crippen molar-refractivity contribution in [3.8, 4) is 0 Å². The molecule has 1 aliphatic heterocycles. The van der Waals surface area contributed by atoms with Crippen molar-refractivity contribution in [2.75, 3.05) is 38.2 Å². The summed E-state index contributed by atoms with van der Waals surface area (Å²) in [5.41, 5.74) is 1.96. The fraction of sp³-hybridized carbons (Fsp3) is 0.471. The number of para-hydroxylation sites is 1. The molecule has 0 spiro atoms. The fourth-order valence-corrected chi connectivity index (χ4v) is 2.74. The molecule has 0 atom stereocenters. The number of aryl methyl sites for hydroxylation is 1. The van der Waals surface area contributed by atoms with Gasteiger partial charge in [0, 0.05) is 44.6 Å². The van der Waals surface area contributed by atoms with E-state index in [0.717, 1.165) is 57.1 Å². The SMILES string of the molecule is O=C(NCCCn1ccnn1)Nc1ccccc1CN1CCOCC1. The summed E-state index contributed by atoms with van der Waals surface area (Å²) < 4.78 is 7.13. The lowest BCUT2D eigenvalue weighted by Crippen LogP contribution is -2.36. The lowest BCUT2D eigenvalue weighted by Gasteiger charge is -2.27. The third-order valence-corrected chi connectivity index (χ3v) is 4.08. The van der Waals surface area contributed by atoms with E-state index >= 15 is 0 Å². The van der Waals surface area contributed by atoms with E-state index in [9.17, 15) is 4.79 Å². The van der Waals surface area contributed by atoms with Crippen molar-refractivity contribution in [1.82, 2.24) is 25.2 Å². The molecule has 1 aromatic carbocycles. The second kappa shape index (κ2) is 9.14. The number of rotatable bonds is 7. The van der Waals surface area contributed by atoms with Crippen LogP contribution in [0.2, 0.25) is 0 Å². The number of benzene rings is 1. The molecule has 8 heteroatoms. The maximum Gasteiger partial charge on any atom is 0.319 e. The van der Waals surface area contributed by atoms with Crippen molar-refractivity contribution < 1.29 is 9.53 Å². The quantitative estimate of drug-likeness (QED) is 0.740. The van der Waals surface area contributed by atoms with E-state index < -0.39 is 0 Å². The minimum absolute atomic E-state index is 0.187. The lowest BCUT2D eigenvalue weighted by atomic mass is 10.1. The Hall–Kier alpha value is -2.45. The van der Waals surface area contributed by atoms with Crippen LogP contribution in [-0.2, 0) is 17.8 Å². The van der Waals surface area contributed by atoms with Crippen molar-refractivity contribution in [2.45, 2.75) is 19.5 Å². The van der Waals surface area contributed by atoms with Gasteiger partial charge in [0.05, 0.1) is 19.4 Å². The molecule has 2 amide bonds. The Kier molecular flexibility index (Phi) is 6.35. The molecule has 134 valence electrons. The molecule has 0 unspecified atom stereocenters. The number of urea groups is 1. The predicted molar refractivity (Wildman–Crippen MR) is 94.2 cm³/mol. The lowest BCUT2D eigenvalue weighted by molar-refractivity contribution is 0.0343. The van der Waals surface area contributed by atoms with E-state index in [2.05, 4.69) is 31.9 Å². The summed E-state index contributed by atoms with van der Waals surface area (Å²) in [6.07, 6.45) is 4.25. The van der Waals surface area contributed by atoms with Crippen LogP contribution in [0, 0.1) is 0 Å². The number of amides is 2. The van der Waals surface area contributed by atoms with Gasteiger partial charge in [0.15, 0.2) is 0 Å². The third kappa shape index (κ3) is 5.54. The van der Waals surface area contributed by atoms with Crippen LogP contribution in [0.5, 0.6) is 0 Å². The molecule has 1 aromatic heterocycles. The maximum absolute atomic E-state index is 12.1. The summed E-state index contributed by atoms with van der Waals surface area (Å²) in [5.74, 6) is 0. The number of anilines is 1. The second-order valence-electron chi connectivity index (χ2n) is 5.95. The first-order chi connectivity index (χ1) is 12.3. The first kappa shape index (κ1) is 17.4. The highest BCUT2D eigenvalue weighted by Crippen LogP contribution is 2.17. The number of hydrogen-bond acceptors (Lipinski definition) is 5. The van der Waals surface area contributed by atoms with Gasteiger partial charge in [-0.3, -0.25) is 9.58 Å². The van der Waals surface area contributed by atoms with Gasteiger partial charge >= 0.3 is 6.03 Å². The van der Waals surface area contributed by atoms with Crippen LogP contribution < -0.4 is 10.6 Å². The second-order valence-corrected chi connectivity index (χ2v) is 5.95. The summed E-state index contributed by atoms with van der Waals surface area (Å²) >= 11 is 0. The summed E-state index contributed by atoms with van der Waals surface area (Å²) in [5, 5.41) is 13.5.